The SMILES string of the molecule is C[C@@H]1CN(c2ccc(C#N)c3ncccc23)C[C@H](CN2CCC(NS(C)(=O)=O)CC2)O1. The lowest BCUT2D eigenvalue weighted by Gasteiger charge is -2.41. The predicted molar refractivity (Wildman–Crippen MR) is 120 cm³/mol. The largest absolute Gasteiger partial charge is 0.370 e. The topological polar surface area (TPSA) is 98.6 Å². The molecule has 0 amide bonds. The molecule has 0 spiro atoms. The highest BCUT2D eigenvalue weighted by atomic mass is 32.2. The Bertz CT molecular complexity index is 1080. The summed E-state index contributed by atoms with van der Waals surface area (Å²) in [5.41, 5.74) is 2.40. The number of piperidine rings is 1. The summed E-state index contributed by atoms with van der Waals surface area (Å²) < 4.78 is 31.9. The second kappa shape index (κ2) is 9.09. The molecule has 0 radical (unpaired) electrons. The first-order valence-corrected chi connectivity index (χ1v) is 12.6. The molecule has 166 valence electrons. The minimum Gasteiger partial charge on any atom is -0.370 e. The van der Waals surface area contributed by atoms with Gasteiger partial charge in [-0.15, -0.1) is 0 Å². The number of hydrogen-bond donors (Lipinski definition) is 1. The van der Waals surface area contributed by atoms with Crippen LogP contribution in [0.1, 0.15) is 25.3 Å². The van der Waals surface area contributed by atoms with E-state index in [1.165, 1.54) is 6.26 Å². The lowest BCUT2D eigenvalue weighted by atomic mass is 10.0. The molecule has 2 atom stereocenters. The van der Waals surface area contributed by atoms with Gasteiger partial charge in [-0.1, -0.05) is 0 Å². The van der Waals surface area contributed by atoms with Crippen LogP contribution in [0.3, 0.4) is 0 Å². The van der Waals surface area contributed by atoms with Gasteiger partial charge >= 0.3 is 0 Å². The highest BCUT2D eigenvalue weighted by Gasteiger charge is 2.30. The lowest BCUT2D eigenvalue weighted by molar-refractivity contribution is -0.0350. The highest BCUT2D eigenvalue weighted by Crippen LogP contribution is 2.30. The smallest absolute Gasteiger partial charge is 0.208 e. The van der Waals surface area contributed by atoms with Crippen molar-refractivity contribution in [3.05, 3.63) is 36.0 Å². The molecule has 0 aliphatic carbocycles. The van der Waals surface area contributed by atoms with Crippen LogP contribution in [0.25, 0.3) is 10.9 Å². The number of anilines is 1. The number of morpholine rings is 1. The Kier molecular flexibility index (Phi) is 6.44. The number of sulfonamides is 1. The standard InChI is InChI=1S/C22H29N5O3S/c1-16-13-27(21-6-5-17(12-23)22-20(21)4-3-9-24-22)15-19(30-16)14-26-10-7-18(8-11-26)25-31(2,28)29/h3-6,9,16,18-19,25H,7-8,10-11,13-15H2,1-2H3/t16-,19+/m1/s1. The lowest BCUT2D eigenvalue weighted by Crippen LogP contribution is -2.53. The van der Waals surface area contributed by atoms with Gasteiger partial charge in [-0.3, -0.25) is 4.98 Å². The van der Waals surface area contributed by atoms with Gasteiger partial charge in [0, 0.05) is 42.9 Å². The number of nitriles is 1. The average molecular weight is 444 g/mol. The molecule has 9 heteroatoms. The summed E-state index contributed by atoms with van der Waals surface area (Å²) in [6, 6.07) is 10.0. The molecule has 0 bridgehead atoms. The van der Waals surface area contributed by atoms with Gasteiger partial charge in [0.05, 0.1) is 29.5 Å². The summed E-state index contributed by atoms with van der Waals surface area (Å²) in [7, 11) is -3.16. The van der Waals surface area contributed by atoms with Gasteiger partial charge in [0.2, 0.25) is 10.0 Å². The third kappa shape index (κ3) is 5.33. The minimum absolute atomic E-state index is 0.0199. The van der Waals surface area contributed by atoms with Gasteiger partial charge < -0.3 is 14.5 Å². The third-order valence-electron chi connectivity index (χ3n) is 5.96. The van der Waals surface area contributed by atoms with Crippen LogP contribution in [-0.4, -0.2) is 75.5 Å². The average Bonchev–Trinajstić information content (AvgIpc) is 2.73. The maximum Gasteiger partial charge on any atom is 0.208 e. The zero-order valence-corrected chi connectivity index (χ0v) is 18.8. The molecule has 4 rings (SSSR count). The van der Waals surface area contributed by atoms with Crippen molar-refractivity contribution < 1.29 is 13.2 Å². The highest BCUT2D eigenvalue weighted by molar-refractivity contribution is 7.88. The fourth-order valence-electron chi connectivity index (χ4n) is 4.69. The van der Waals surface area contributed by atoms with E-state index in [9.17, 15) is 13.7 Å². The van der Waals surface area contributed by atoms with Crippen LogP contribution < -0.4 is 9.62 Å². The fraction of sp³-hybridized carbons (Fsp3) is 0.545. The monoisotopic (exact) mass is 443 g/mol. The number of ether oxygens (including phenoxy) is 1. The summed E-state index contributed by atoms with van der Waals surface area (Å²) in [4.78, 5) is 9.13. The number of benzene rings is 1. The second-order valence-electron chi connectivity index (χ2n) is 8.58. The van der Waals surface area contributed by atoms with Gasteiger partial charge in [0.15, 0.2) is 0 Å². The number of pyridine rings is 1. The molecule has 8 nitrogen and oxygen atoms in total. The molecule has 3 heterocycles. The molecular weight excluding hydrogens is 414 g/mol. The summed E-state index contributed by atoms with van der Waals surface area (Å²) in [6.07, 6.45) is 4.71. The quantitative estimate of drug-likeness (QED) is 0.751. The minimum atomic E-state index is -3.16. The Hall–Kier alpha value is -2.25. The Morgan fingerprint density at radius 2 is 2.03 bits per heavy atom. The summed E-state index contributed by atoms with van der Waals surface area (Å²) in [6.45, 7) is 6.16. The zero-order valence-electron chi connectivity index (χ0n) is 18.0. The van der Waals surface area contributed by atoms with Crippen molar-refractivity contribution in [2.24, 2.45) is 0 Å². The number of aromatic nitrogens is 1. The van der Waals surface area contributed by atoms with Crippen molar-refractivity contribution in [3.8, 4) is 6.07 Å². The predicted octanol–water partition coefficient (Wildman–Crippen LogP) is 1.71. The number of nitrogens with zero attached hydrogens (tertiary/aromatic N) is 4. The maximum absolute atomic E-state index is 11.5. The van der Waals surface area contributed by atoms with E-state index < -0.39 is 10.0 Å². The molecule has 1 N–H and O–H groups in total. The molecule has 31 heavy (non-hydrogen) atoms. The molecule has 1 aromatic carbocycles. The van der Waals surface area contributed by atoms with Gasteiger partial charge in [-0.2, -0.15) is 5.26 Å². The first kappa shape index (κ1) is 22.0. The summed E-state index contributed by atoms with van der Waals surface area (Å²) in [5.74, 6) is 0. The second-order valence-corrected chi connectivity index (χ2v) is 10.4. The van der Waals surface area contributed by atoms with Crippen molar-refractivity contribution in [2.45, 2.75) is 38.0 Å². The van der Waals surface area contributed by atoms with Gasteiger partial charge in [-0.05, 0) is 57.1 Å². The first-order chi connectivity index (χ1) is 14.8. The Labute approximate surface area is 183 Å². The molecule has 2 fully saturated rings. The van der Waals surface area contributed by atoms with Crippen LogP contribution in [0.15, 0.2) is 30.5 Å². The van der Waals surface area contributed by atoms with E-state index in [-0.39, 0.29) is 18.2 Å². The molecule has 2 aromatic rings. The van der Waals surface area contributed by atoms with Crippen LogP contribution >= 0.6 is 0 Å². The number of likely N-dealkylation sites (tertiary alicyclic amines) is 1. The molecule has 1 aromatic heterocycles. The van der Waals surface area contributed by atoms with Gasteiger partial charge in [0.25, 0.3) is 0 Å². The van der Waals surface area contributed by atoms with E-state index in [1.54, 1.807) is 6.20 Å². The van der Waals surface area contributed by atoms with Crippen LogP contribution in [0.5, 0.6) is 0 Å². The zero-order chi connectivity index (χ0) is 22.0. The van der Waals surface area contributed by atoms with Gasteiger partial charge in [-0.25, -0.2) is 13.1 Å². The van der Waals surface area contributed by atoms with E-state index in [4.69, 9.17) is 4.74 Å². The van der Waals surface area contributed by atoms with Crippen molar-refractivity contribution in [1.29, 1.82) is 5.26 Å². The number of hydrogen-bond acceptors (Lipinski definition) is 7. The summed E-state index contributed by atoms with van der Waals surface area (Å²) >= 11 is 0. The molecule has 2 saturated heterocycles. The van der Waals surface area contributed by atoms with Gasteiger partial charge in [0.1, 0.15) is 6.07 Å². The molecule has 0 unspecified atom stereocenters. The van der Waals surface area contributed by atoms with Crippen LogP contribution in [0, 0.1) is 11.3 Å². The number of fused-ring (bicyclic) bond motifs is 1. The Morgan fingerprint density at radius 3 is 2.74 bits per heavy atom. The van der Waals surface area contributed by atoms with Crippen molar-refractivity contribution in [2.75, 3.05) is 43.9 Å². The molecular formula is C22H29N5O3S. The van der Waals surface area contributed by atoms with Crippen molar-refractivity contribution >= 4 is 26.6 Å². The van der Waals surface area contributed by atoms with E-state index in [0.29, 0.717) is 5.56 Å². The van der Waals surface area contributed by atoms with Crippen LogP contribution in [-0.2, 0) is 14.8 Å². The number of rotatable bonds is 5. The van der Waals surface area contributed by atoms with E-state index in [1.807, 2.05) is 24.3 Å². The Morgan fingerprint density at radius 1 is 1.26 bits per heavy atom. The third-order valence-corrected chi connectivity index (χ3v) is 6.73. The summed E-state index contributed by atoms with van der Waals surface area (Å²) in [5, 5.41) is 10.4. The number of nitrogens with one attached hydrogen (secondary N) is 1. The molecule has 0 saturated carbocycles. The molecule has 2 aliphatic heterocycles. The maximum atomic E-state index is 11.5. The fourth-order valence-corrected chi connectivity index (χ4v) is 5.53. The van der Waals surface area contributed by atoms with Crippen LogP contribution in [0.2, 0.25) is 0 Å². The van der Waals surface area contributed by atoms with Crippen molar-refractivity contribution in [1.82, 2.24) is 14.6 Å². The van der Waals surface area contributed by atoms with Crippen molar-refractivity contribution in [3.63, 3.8) is 0 Å². The molecule has 2 aliphatic rings. The first-order valence-electron chi connectivity index (χ1n) is 10.7. The normalized spacial score (nSPS) is 23.7. The van der Waals surface area contributed by atoms with E-state index in [2.05, 4.69) is 32.5 Å². The van der Waals surface area contributed by atoms with E-state index in [0.717, 1.165) is 62.2 Å². The Balaban J connectivity index is 1.44. The van der Waals surface area contributed by atoms with Crippen LogP contribution in [0.4, 0.5) is 5.69 Å². The van der Waals surface area contributed by atoms with E-state index >= 15 is 0 Å².